The highest BCUT2D eigenvalue weighted by Crippen LogP contribution is 2.21. The van der Waals surface area contributed by atoms with E-state index >= 15 is 0 Å². The molecule has 1 N–H and O–H groups in total. The van der Waals surface area contributed by atoms with Crippen molar-refractivity contribution in [2.45, 2.75) is 27.3 Å². The summed E-state index contributed by atoms with van der Waals surface area (Å²) in [6, 6.07) is 17.7. The number of anilines is 1. The number of hydrogen-bond donors (Lipinski definition) is 1. The van der Waals surface area contributed by atoms with E-state index in [0.29, 0.717) is 12.1 Å². The van der Waals surface area contributed by atoms with Crippen molar-refractivity contribution in [1.82, 2.24) is 9.78 Å². The van der Waals surface area contributed by atoms with Crippen molar-refractivity contribution in [3.63, 3.8) is 0 Å². The Hall–Kier alpha value is -2.88. The summed E-state index contributed by atoms with van der Waals surface area (Å²) >= 11 is 0. The largest absolute Gasteiger partial charge is 0.319 e. The van der Waals surface area contributed by atoms with Gasteiger partial charge >= 0.3 is 0 Å². The molecule has 3 rings (SSSR count). The number of carbonyl (C=O) groups is 1. The molecule has 0 atom stereocenters. The van der Waals surface area contributed by atoms with Crippen LogP contribution in [0.3, 0.4) is 0 Å². The fourth-order valence-corrected chi connectivity index (χ4v) is 2.76. The Morgan fingerprint density at radius 2 is 1.79 bits per heavy atom. The number of aryl methyl sites for hydroxylation is 2. The smallest absolute Gasteiger partial charge is 0.255 e. The molecular weight excluding hydrogens is 298 g/mol. The minimum Gasteiger partial charge on any atom is -0.319 e. The van der Waals surface area contributed by atoms with Crippen LogP contribution in [0.1, 0.15) is 32.9 Å². The summed E-state index contributed by atoms with van der Waals surface area (Å²) in [4.78, 5) is 12.5. The second kappa shape index (κ2) is 6.71. The van der Waals surface area contributed by atoms with Crippen molar-refractivity contribution < 1.29 is 4.79 Å². The molecule has 0 saturated heterocycles. The summed E-state index contributed by atoms with van der Waals surface area (Å²) in [6.07, 6.45) is 0. The zero-order valence-electron chi connectivity index (χ0n) is 14.2. The zero-order valence-corrected chi connectivity index (χ0v) is 14.2. The number of aromatic nitrogens is 2. The average molecular weight is 319 g/mol. The van der Waals surface area contributed by atoms with Gasteiger partial charge in [0.05, 0.1) is 23.6 Å². The maximum absolute atomic E-state index is 12.5. The van der Waals surface area contributed by atoms with Crippen LogP contribution >= 0.6 is 0 Å². The topological polar surface area (TPSA) is 46.9 Å². The summed E-state index contributed by atoms with van der Waals surface area (Å²) in [7, 11) is 0. The summed E-state index contributed by atoms with van der Waals surface area (Å²) < 4.78 is 1.93. The zero-order chi connectivity index (χ0) is 17.1. The Labute approximate surface area is 142 Å². The standard InChI is InChI=1S/C20H21N3O/c1-14-8-7-11-18(12-14)20(24)21-19-15(2)22-23(16(19)3)13-17-9-5-4-6-10-17/h4-12H,13H2,1-3H3,(H,21,24). The third-order valence-corrected chi connectivity index (χ3v) is 4.08. The number of hydrogen-bond acceptors (Lipinski definition) is 2. The van der Waals surface area contributed by atoms with Gasteiger partial charge in [-0.1, -0.05) is 48.0 Å². The molecule has 3 aromatic rings. The first-order valence-corrected chi connectivity index (χ1v) is 8.00. The van der Waals surface area contributed by atoms with Gasteiger partial charge in [-0.25, -0.2) is 0 Å². The first-order chi connectivity index (χ1) is 11.5. The van der Waals surface area contributed by atoms with Crippen LogP contribution in [0.25, 0.3) is 0 Å². The molecule has 0 unspecified atom stereocenters. The van der Waals surface area contributed by atoms with Gasteiger partial charge in [0.1, 0.15) is 0 Å². The normalized spacial score (nSPS) is 10.6. The van der Waals surface area contributed by atoms with Crippen molar-refractivity contribution in [1.29, 1.82) is 0 Å². The van der Waals surface area contributed by atoms with Gasteiger partial charge in [0, 0.05) is 5.56 Å². The third kappa shape index (κ3) is 3.38. The van der Waals surface area contributed by atoms with Crippen LogP contribution in [0.4, 0.5) is 5.69 Å². The maximum Gasteiger partial charge on any atom is 0.255 e. The summed E-state index contributed by atoms with van der Waals surface area (Å²) in [5.74, 6) is -0.107. The van der Waals surface area contributed by atoms with E-state index in [2.05, 4.69) is 22.5 Å². The van der Waals surface area contributed by atoms with Crippen molar-refractivity contribution in [3.8, 4) is 0 Å². The lowest BCUT2D eigenvalue weighted by atomic mass is 10.1. The molecule has 4 heteroatoms. The van der Waals surface area contributed by atoms with E-state index in [9.17, 15) is 4.79 Å². The molecule has 1 amide bonds. The van der Waals surface area contributed by atoms with E-state index in [-0.39, 0.29) is 5.91 Å². The highest BCUT2D eigenvalue weighted by atomic mass is 16.1. The monoisotopic (exact) mass is 319 g/mol. The second-order valence-corrected chi connectivity index (χ2v) is 6.01. The molecule has 24 heavy (non-hydrogen) atoms. The minimum atomic E-state index is -0.107. The number of carbonyl (C=O) groups excluding carboxylic acids is 1. The molecular formula is C20H21N3O. The quantitative estimate of drug-likeness (QED) is 0.786. The molecule has 0 fully saturated rings. The van der Waals surface area contributed by atoms with Gasteiger partial charge in [0.15, 0.2) is 0 Å². The van der Waals surface area contributed by atoms with Crippen LogP contribution in [0.15, 0.2) is 54.6 Å². The van der Waals surface area contributed by atoms with Crippen LogP contribution in [0, 0.1) is 20.8 Å². The first kappa shape index (κ1) is 16.0. The molecule has 4 nitrogen and oxygen atoms in total. The molecule has 0 radical (unpaired) electrons. The van der Waals surface area contributed by atoms with E-state index in [1.807, 2.05) is 67.9 Å². The SMILES string of the molecule is Cc1cccc(C(=O)Nc2c(C)nn(Cc3ccccc3)c2C)c1. The molecule has 1 heterocycles. The van der Waals surface area contributed by atoms with Gasteiger partial charge < -0.3 is 5.32 Å². The Kier molecular flexibility index (Phi) is 4.47. The lowest BCUT2D eigenvalue weighted by molar-refractivity contribution is 0.102. The Morgan fingerprint density at radius 3 is 2.50 bits per heavy atom. The molecule has 0 bridgehead atoms. The predicted octanol–water partition coefficient (Wildman–Crippen LogP) is 4.11. The average Bonchev–Trinajstić information content (AvgIpc) is 2.83. The number of amides is 1. The molecule has 0 spiro atoms. The van der Waals surface area contributed by atoms with Crippen LogP contribution < -0.4 is 5.32 Å². The highest BCUT2D eigenvalue weighted by molar-refractivity contribution is 6.04. The fourth-order valence-electron chi connectivity index (χ4n) is 2.76. The van der Waals surface area contributed by atoms with E-state index in [1.165, 1.54) is 5.56 Å². The highest BCUT2D eigenvalue weighted by Gasteiger charge is 2.15. The van der Waals surface area contributed by atoms with Gasteiger partial charge in [-0.15, -0.1) is 0 Å². The van der Waals surface area contributed by atoms with Gasteiger partial charge in [0.2, 0.25) is 0 Å². The minimum absolute atomic E-state index is 0.107. The lowest BCUT2D eigenvalue weighted by Crippen LogP contribution is -2.13. The fraction of sp³-hybridized carbons (Fsp3) is 0.200. The molecule has 0 aliphatic carbocycles. The van der Waals surface area contributed by atoms with Crippen LogP contribution in [0.2, 0.25) is 0 Å². The Balaban J connectivity index is 1.83. The first-order valence-electron chi connectivity index (χ1n) is 8.00. The molecule has 0 saturated carbocycles. The molecule has 0 aliphatic rings. The summed E-state index contributed by atoms with van der Waals surface area (Å²) in [6.45, 7) is 6.56. The van der Waals surface area contributed by atoms with Crippen molar-refractivity contribution >= 4 is 11.6 Å². The predicted molar refractivity (Wildman–Crippen MR) is 96.4 cm³/mol. The van der Waals surface area contributed by atoms with Crippen molar-refractivity contribution in [3.05, 3.63) is 82.7 Å². The molecule has 122 valence electrons. The van der Waals surface area contributed by atoms with E-state index in [4.69, 9.17) is 0 Å². The lowest BCUT2D eigenvalue weighted by Gasteiger charge is -2.08. The number of rotatable bonds is 4. The third-order valence-electron chi connectivity index (χ3n) is 4.08. The number of benzene rings is 2. The van der Waals surface area contributed by atoms with Crippen LogP contribution in [-0.2, 0) is 6.54 Å². The van der Waals surface area contributed by atoms with E-state index in [1.54, 1.807) is 0 Å². The molecule has 2 aromatic carbocycles. The maximum atomic E-state index is 12.5. The Morgan fingerprint density at radius 1 is 1.04 bits per heavy atom. The van der Waals surface area contributed by atoms with Crippen molar-refractivity contribution in [2.75, 3.05) is 5.32 Å². The Bertz CT molecular complexity index is 866. The van der Waals surface area contributed by atoms with E-state index in [0.717, 1.165) is 22.6 Å². The number of nitrogens with one attached hydrogen (secondary N) is 1. The van der Waals surface area contributed by atoms with E-state index < -0.39 is 0 Å². The van der Waals surface area contributed by atoms with Gasteiger partial charge in [-0.05, 0) is 38.5 Å². The van der Waals surface area contributed by atoms with Crippen LogP contribution in [0.5, 0.6) is 0 Å². The second-order valence-electron chi connectivity index (χ2n) is 6.01. The summed E-state index contributed by atoms with van der Waals surface area (Å²) in [5.41, 5.74) is 5.47. The number of nitrogens with zero attached hydrogens (tertiary/aromatic N) is 2. The van der Waals surface area contributed by atoms with Gasteiger partial charge in [-0.3, -0.25) is 9.48 Å². The molecule has 1 aromatic heterocycles. The molecule has 0 aliphatic heterocycles. The van der Waals surface area contributed by atoms with Gasteiger partial charge in [-0.2, -0.15) is 5.10 Å². The summed E-state index contributed by atoms with van der Waals surface area (Å²) in [5, 5.41) is 7.58. The van der Waals surface area contributed by atoms with Crippen molar-refractivity contribution in [2.24, 2.45) is 0 Å². The van der Waals surface area contributed by atoms with Crippen LogP contribution in [-0.4, -0.2) is 15.7 Å². The van der Waals surface area contributed by atoms with Gasteiger partial charge in [0.25, 0.3) is 5.91 Å².